The van der Waals surface area contributed by atoms with Gasteiger partial charge in [0.2, 0.25) is 0 Å². The van der Waals surface area contributed by atoms with E-state index in [2.05, 4.69) is 44.8 Å². The lowest BCUT2D eigenvalue weighted by atomic mass is 9.47. The van der Waals surface area contributed by atoms with Crippen LogP contribution in [0.2, 0.25) is 0 Å². The molecule has 1 nitrogen and oxygen atoms in total. The summed E-state index contributed by atoms with van der Waals surface area (Å²) < 4.78 is 0. The second-order valence-electron chi connectivity index (χ2n) is 9.73. The standard InChI is InChI=1S/C23H35N/c1-15-10-12-22(3)17(14-15)6-7-18-20-9-8-19(16(2)24-5)23(20,4)13-11-21(18)22/h6,8,15,18,20-21H,7,9-14H2,1-5H3. The van der Waals surface area contributed by atoms with E-state index in [0.717, 1.165) is 23.7 Å². The average Bonchev–Trinajstić information content (AvgIpc) is 2.92. The van der Waals surface area contributed by atoms with Crippen LogP contribution in [0, 0.1) is 34.5 Å². The molecule has 1 heteroatoms. The van der Waals surface area contributed by atoms with Crippen molar-refractivity contribution >= 4 is 5.71 Å². The summed E-state index contributed by atoms with van der Waals surface area (Å²) in [4.78, 5) is 4.53. The molecule has 0 spiro atoms. The van der Waals surface area contributed by atoms with Crippen LogP contribution < -0.4 is 0 Å². The molecule has 0 aromatic heterocycles. The zero-order chi connectivity index (χ0) is 17.1. The van der Waals surface area contributed by atoms with Crippen LogP contribution in [0.1, 0.15) is 72.6 Å². The van der Waals surface area contributed by atoms with Gasteiger partial charge in [-0.05, 0) is 91.9 Å². The van der Waals surface area contributed by atoms with Gasteiger partial charge < -0.3 is 0 Å². The first-order valence-corrected chi connectivity index (χ1v) is 10.2. The Labute approximate surface area is 148 Å². The third-order valence-electron chi connectivity index (χ3n) is 8.66. The van der Waals surface area contributed by atoms with Gasteiger partial charge in [-0.3, -0.25) is 4.99 Å². The van der Waals surface area contributed by atoms with Crippen molar-refractivity contribution in [3.63, 3.8) is 0 Å². The highest BCUT2D eigenvalue weighted by Crippen LogP contribution is 2.65. The highest BCUT2D eigenvalue weighted by atomic mass is 14.7. The van der Waals surface area contributed by atoms with E-state index in [9.17, 15) is 0 Å². The van der Waals surface area contributed by atoms with E-state index in [-0.39, 0.29) is 0 Å². The summed E-state index contributed by atoms with van der Waals surface area (Å²) in [6, 6.07) is 0. The first-order chi connectivity index (χ1) is 11.4. The molecule has 0 saturated heterocycles. The summed E-state index contributed by atoms with van der Waals surface area (Å²) >= 11 is 0. The van der Waals surface area contributed by atoms with Gasteiger partial charge in [-0.25, -0.2) is 0 Å². The van der Waals surface area contributed by atoms with E-state index in [1.807, 2.05) is 12.6 Å². The summed E-state index contributed by atoms with van der Waals surface area (Å²) in [6.07, 6.45) is 14.9. The maximum absolute atomic E-state index is 4.53. The van der Waals surface area contributed by atoms with Gasteiger partial charge >= 0.3 is 0 Å². The molecular formula is C23H35N. The topological polar surface area (TPSA) is 12.4 Å². The summed E-state index contributed by atoms with van der Waals surface area (Å²) in [7, 11) is 1.96. The Kier molecular flexibility index (Phi) is 3.86. The maximum Gasteiger partial charge on any atom is 0.0348 e. The van der Waals surface area contributed by atoms with Crippen molar-refractivity contribution in [3.05, 3.63) is 23.3 Å². The fourth-order valence-corrected chi connectivity index (χ4v) is 7.09. The molecule has 2 saturated carbocycles. The fourth-order valence-electron chi connectivity index (χ4n) is 7.09. The number of allylic oxidation sites excluding steroid dienone is 4. The van der Waals surface area contributed by atoms with Gasteiger partial charge in [-0.2, -0.15) is 0 Å². The molecule has 0 radical (unpaired) electrons. The van der Waals surface area contributed by atoms with Gasteiger partial charge in [0, 0.05) is 12.8 Å². The Hall–Kier alpha value is -0.850. The molecule has 4 aliphatic carbocycles. The molecule has 0 heterocycles. The molecule has 0 bridgehead atoms. The van der Waals surface area contributed by atoms with Crippen LogP contribution >= 0.6 is 0 Å². The molecular weight excluding hydrogens is 290 g/mol. The molecule has 0 aromatic carbocycles. The summed E-state index contributed by atoms with van der Waals surface area (Å²) in [5, 5.41) is 0. The van der Waals surface area contributed by atoms with Crippen LogP contribution in [-0.2, 0) is 0 Å². The molecule has 0 aromatic rings. The Morgan fingerprint density at radius 2 is 1.79 bits per heavy atom. The third-order valence-corrected chi connectivity index (χ3v) is 8.66. The van der Waals surface area contributed by atoms with E-state index in [1.54, 1.807) is 5.57 Å². The van der Waals surface area contributed by atoms with E-state index in [4.69, 9.17) is 0 Å². The van der Waals surface area contributed by atoms with Gasteiger partial charge in [0.15, 0.2) is 0 Å². The number of aliphatic imine (C=N–C) groups is 1. The van der Waals surface area contributed by atoms with E-state index in [0.29, 0.717) is 10.8 Å². The molecule has 6 unspecified atom stereocenters. The van der Waals surface area contributed by atoms with Crippen LogP contribution in [0.15, 0.2) is 28.3 Å². The Bertz CT molecular complexity index is 624. The Morgan fingerprint density at radius 3 is 2.54 bits per heavy atom. The minimum Gasteiger partial charge on any atom is -0.293 e. The van der Waals surface area contributed by atoms with Gasteiger partial charge in [0.25, 0.3) is 0 Å². The van der Waals surface area contributed by atoms with Crippen molar-refractivity contribution in [3.8, 4) is 0 Å². The van der Waals surface area contributed by atoms with Crippen LogP contribution in [0.5, 0.6) is 0 Å². The molecule has 2 fully saturated rings. The second-order valence-corrected chi connectivity index (χ2v) is 9.73. The zero-order valence-electron chi connectivity index (χ0n) is 16.4. The molecule has 0 aliphatic heterocycles. The first kappa shape index (κ1) is 16.6. The van der Waals surface area contributed by atoms with Crippen molar-refractivity contribution in [2.24, 2.45) is 39.5 Å². The monoisotopic (exact) mass is 325 g/mol. The zero-order valence-corrected chi connectivity index (χ0v) is 16.4. The molecule has 4 aliphatic rings. The van der Waals surface area contributed by atoms with E-state index >= 15 is 0 Å². The van der Waals surface area contributed by atoms with E-state index in [1.165, 1.54) is 50.7 Å². The number of fused-ring (bicyclic) bond motifs is 5. The van der Waals surface area contributed by atoms with Crippen LogP contribution in [-0.4, -0.2) is 12.8 Å². The highest BCUT2D eigenvalue weighted by Gasteiger charge is 2.56. The number of hydrogen-bond donors (Lipinski definition) is 0. The van der Waals surface area contributed by atoms with Crippen molar-refractivity contribution in [2.75, 3.05) is 7.05 Å². The smallest absolute Gasteiger partial charge is 0.0348 e. The lowest BCUT2D eigenvalue weighted by molar-refractivity contribution is -0.0186. The maximum atomic E-state index is 4.53. The highest BCUT2D eigenvalue weighted by molar-refractivity contribution is 5.99. The van der Waals surface area contributed by atoms with Gasteiger partial charge in [0.05, 0.1) is 0 Å². The average molecular weight is 326 g/mol. The van der Waals surface area contributed by atoms with Crippen molar-refractivity contribution in [1.82, 2.24) is 0 Å². The summed E-state index contributed by atoms with van der Waals surface area (Å²) in [6.45, 7) is 9.83. The van der Waals surface area contributed by atoms with Gasteiger partial charge in [-0.1, -0.05) is 38.5 Å². The number of rotatable bonds is 1. The molecule has 4 rings (SSSR count). The SMILES string of the molecule is CN=C(C)C1=CCC2C3CC=C4CC(C)CCC4(C)C3CCC12C. The molecule has 0 amide bonds. The molecule has 6 atom stereocenters. The predicted octanol–water partition coefficient (Wildman–Crippen LogP) is 6.21. The summed E-state index contributed by atoms with van der Waals surface area (Å²) in [5.74, 6) is 3.56. The Balaban J connectivity index is 1.66. The van der Waals surface area contributed by atoms with Crippen LogP contribution in [0.4, 0.5) is 0 Å². The lowest BCUT2D eigenvalue weighted by Gasteiger charge is -2.58. The summed E-state index contributed by atoms with van der Waals surface area (Å²) in [5.41, 5.74) is 5.57. The largest absolute Gasteiger partial charge is 0.293 e. The normalized spacial score (nSPS) is 48.1. The molecule has 24 heavy (non-hydrogen) atoms. The van der Waals surface area contributed by atoms with Gasteiger partial charge in [0.1, 0.15) is 0 Å². The van der Waals surface area contributed by atoms with Crippen LogP contribution in [0.25, 0.3) is 0 Å². The minimum absolute atomic E-state index is 0.383. The van der Waals surface area contributed by atoms with E-state index < -0.39 is 0 Å². The molecule has 132 valence electrons. The second kappa shape index (κ2) is 5.58. The van der Waals surface area contributed by atoms with Crippen molar-refractivity contribution in [2.45, 2.75) is 72.6 Å². The third kappa shape index (κ3) is 2.15. The fraction of sp³-hybridized carbons (Fsp3) is 0.783. The minimum atomic E-state index is 0.383. The molecule has 0 N–H and O–H groups in total. The number of hydrogen-bond acceptors (Lipinski definition) is 1. The predicted molar refractivity (Wildman–Crippen MR) is 103 cm³/mol. The van der Waals surface area contributed by atoms with Crippen LogP contribution in [0.3, 0.4) is 0 Å². The van der Waals surface area contributed by atoms with Gasteiger partial charge in [-0.15, -0.1) is 0 Å². The Morgan fingerprint density at radius 1 is 1.04 bits per heavy atom. The number of nitrogens with zero attached hydrogens (tertiary/aromatic N) is 1. The van der Waals surface area contributed by atoms with Crippen molar-refractivity contribution in [1.29, 1.82) is 0 Å². The van der Waals surface area contributed by atoms with Crippen molar-refractivity contribution < 1.29 is 0 Å². The lowest BCUT2D eigenvalue weighted by Crippen LogP contribution is -2.49. The quantitative estimate of drug-likeness (QED) is 0.401. The first-order valence-electron chi connectivity index (χ1n) is 10.2.